The summed E-state index contributed by atoms with van der Waals surface area (Å²) in [5.74, 6) is 0. The molecule has 2 aromatic carbocycles. The van der Waals surface area contributed by atoms with Crippen LogP contribution < -0.4 is 10.2 Å². The normalized spacial score (nSPS) is 10.2. The maximum atomic E-state index is 10.8. The van der Waals surface area contributed by atoms with Gasteiger partial charge in [-0.3, -0.25) is 10.1 Å². The molecule has 21 heavy (non-hydrogen) atoms. The van der Waals surface area contributed by atoms with E-state index in [9.17, 15) is 10.1 Å². The zero-order chi connectivity index (χ0) is 15.4. The maximum absolute atomic E-state index is 10.8. The molecule has 0 aromatic heterocycles. The smallest absolute Gasteiger partial charge is 0.270 e. The first-order chi connectivity index (χ1) is 9.95. The topological polar surface area (TPSA) is 58.4 Å². The minimum absolute atomic E-state index is 0.0872. The van der Waals surface area contributed by atoms with Gasteiger partial charge in [0.05, 0.1) is 4.92 Å². The van der Waals surface area contributed by atoms with E-state index >= 15 is 0 Å². The van der Waals surface area contributed by atoms with Crippen LogP contribution in [-0.4, -0.2) is 19.0 Å². The number of nitrogens with one attached hydrogen (secondary N) is 1. The maximum Gasteiger partial charge on any atom is 0.270 e. The van der Waals surface area contributed by atoms with Gasteiger partial charge in [-0.25, -0.2) is 0 Å². The van der Waals surface area contributed by atoms with Crippen LogP contribution in [0.1, 0.15) is 5.56 Å². The number of nitro groups is 1. The molecule has 0 aliphatic rings. The lowest BCUT2D eigenvalue weighted by molar-refractivity contribution is -0.385. The summed E-state index contributed by atoms with van der Waals surface area (Å²) in [6.45, 7) is 0.529. The molecule has 110 valence electrons. The van der Waals surface area contributed by atoms with Gasteiger partial charge in [0, 0.05) is 48.6 Å². The highest BCUT2D eigenvalue weighted by atomic mass is 79.9. The van der Waals surface area contributed by atoms with Crippen LogP contribution in [0.4, 0.5) is 17.1 Å². The van der Waals surface area contributed by atoms with Crippen molar-refractivity contribution in [2.75, 3.05) is 24.3 Å². The third kappa shape index (κ3) is 4.19. The Hall–Kier alpha value is -2.08. The molecule has 0 fully saturated rings. The fourth-order valence-corrected chi connectivity index (χ4v) is 2.45. The second-order valence-corrected chi connectivity index (χ2v) is 5.79. The zero-order valence-electron chi connectivity index (χ0n) is 11.8. The van der Waals surface area contributed by atoms with Gasteiger partial charge < -0.3 is 10.2 Å². The molecule has 2 rings (SSSR count). The Morgan fingerprint density at radius 2 is 1.86 bits per heavy atom. The summed E-state index contributed by atoms with van der Waals surface area (Å²) in [4.78, 5) is 12.5. The standard InChI is InChI=1S/C15H16BrN3O2/c1-18(2)14-5-3-13(4-6-14)17-10-11-7-12(16)9-15(8-11)19(20)21/h3-9,17H,10H2,1-2H3. The molecular formula is C15H16BrN3O2. The summed E-state index contributed by atoms with van der Waals surface area (Å²) in [6, 6.07) is 13.0. The Bertz CT molecular complexity index is 642. The molecule has 0 aliphatic carbocycles. The lowest BCUT2D eigenvalue weighted by Crippen LogP contribution is -2.08. The number of nitrogens with zero attached hydrogens (tertiary/aromatic N) is 2. The summed E-state index contributed by atoms with van der Waals surface area (Å²) in [5, 5.41) is 14.1. The predicted octanol–water partition coefficient (Wildman–Crippen LogP) is 4.04. The second-order valence-electron chi connectivity index (χ2n) is 4.87. The molecule has 6 heteroatoms. The van der Waals surface area contributed by atoms with Crippen LogP contribution in [0, 0.1) is 10.1 Å². The lowest BCUT2D eigenvalue weighted by atomic mass is 10.2. The minimum Gasteiger partial charge on any atom is -0.381 e. The molecule has 0 bridgehead atoms. The summed E-state index contributed by atoms with van der Waals surface area (Å²) in [5.41, 5.74) is 3.04. The van der Waals surface area contributed by atoms with Crippen LogP contribution in [0.25, 0.3) is 0 Å². The summed E-state index contributed by atoms with van der Waals surface area (Å²) in [6.07, 6.45) is 0. The van der Waals surface area contributed by atoms with Crippen LogP contribution in [0.5, 0.6) is 0 Å². The van der Waals surface area contributed by atoms with Crippen molar-refractivity contribution >= 4 is 33.0 Å². The first-order valence-electron chi connectivity index (χ1n) is 6.41. The van der Waals surface area contributed by atoms with Crippen LogP contribution >= 0.6 is 15.9 Å². The van der Waals surface area contributed by atoms with E-state index in [0.717, 1.165) is 16.9 Å². The van der Waals surface area contributed by atoms with Gasteiger partial charge in [0.2, 0.25) is 0 Å². The number of non-ortho nitro benzene ring substituents is 1. The van der Waals surface area contributed by atoms with Crippen molar-refractivity contribution in [3.8, 4) is 0 Å². The van der Waals surface area contributed by atoms with Crippen LogP contribution in [-0.2, 0) is 6.54 Å². The van der Waals surface area contributed by atoms with Crippen molar-refractivity contribution in [2.24, 2.45) is 0 Å². The van der Waals surface area contributed by atoms with Gasteiger partial charge in [-0.1, -0.05) is 15.9 Å². The predicted molar refractivity (Wildman–Crippen MR) is 88.9 cm³/mol. The highest BCUT2D eigenvalue weighted by molar-refractivity contribution is 9.10. The Morgan fingerprint density at radius 1 is 1.19 bits per heavy atom. The molecule has 0 unspecified atom stereocenters. The van der Waals surface area contributed by atoms with Crippen molar-refractivity contribution < 1.29 is 4.92 Å². The van der Waals surface area contributed by atoms with E-state index in [1.807, 2.05) is 49.3 Å². The third-order valence-corrected chi connectivity index (χ3v) is 3.49. The first-order valence-corrected chi connectivity index (χ1v) is 7.20. The number of rotatable bonds is 5. The molecule has 0 spiro atoms. The number of hydrogen-bond acceptors (Lipinski definition) is 4. The van der Waals surface area contributed by atoms with Gasteiger partial charge in [-0.2, -0.15) is 0 Å². The molecule has 0 saturated carbocycles. The Morgan fingerprint density at radius 3 is 2.43 bits per heavy atom. The molecule has 0 radical (unpaired) electrons. The van der Waals surface area contributed by atoms with E-state index in [0.29, 0.717) is 11.0 Å². The van der Waals surface area contributed by atoms with Crippen molar-refractivity contribution in [3.63, 3.8) is 0 Å². The molecular weight excluding hydrogens is 334 g/mol. The summed E-state index contributed by atoms with van der Waals surface area (Å²) >= 11 is 3.30. The Balaban J connectivity index is 2.07. The van der Waals surface area contributed by atoms with E-state index in [-0.39, 0.29) is 10.6 Å². The Kier molecular flexibility index (Phi) is 4.80. The molecule has 5 nitrogen and oxygen atoms in total. The quantitative estimate of drug-likeness (QED) is 0.653. The van der Waals surface area contributed by atoms with Gasteiger partial charge in [0.15, 0.2) is 0 Å². The van der Waals surface area contributed by atoms with Crippen molar-refractivity contribution in [2.45, 2.75) is 6.54 Å². The van der Waals surface area contributed by atoms with Crippen molar-refractivity contribution in [1.29, 1.82) is 0 Å². The van der Waals surface area contributed by atoms with Gasteiger partial charge in [0.1, 0.15) is 0 Å². The lowest BCUT2D eigenvalue weighted by Gasteiger charge is -2.13. The van der Waals surface area contributed by atoms with Crippen LogP contribution in [0.3, 0.4) is 0 Å². The summed E-state index contributed by atoms with van der Waals surface area (Å²) in [7, 11) is 3.98. The Labute approximate surface area is 131 Å². The number of halogens is 1. The average molecular weight is 350 g/mol. The number of nitro benzene ring substituents is 1. The second kappa shape index (κ2) is 6.58. The first kappa shape index (κ1) is 15.3. The van der Waals surface area contributed by atoms with Gasteiger partial charge in [-0.15, -0.1) is 0 Å². The molecule has 1 N–H and O–H groups in total. The summed E-state index contributed by atoms with van der Waals surface area (Å²) < 4.78 is 0.705. The van der Waals surface area contributed by atoms with Crippen LogP contribution in [0.2, 0.25) is 0 Å². The van der Waals surface area contributed by atoms with E-state index in [1.54, 1.807) is 6.07 Å². The molecule has 0 amide bonds. The van der Waals surface area contributed by atoms with E-state index in [1.165, 1.54) is 6.07 Å². The minimum atomic E-state index is -0.389. The SMILES string of the molecule is CN(C)c1ccc(NCc2cc(Br)cc([N+](=O)[O-])c2)cc1. The zero-order valence-corrected chi connectivity index (χ0v) is 13.4. The molecule has 0 atom stereocenters. The third-order valence-electron chi connectivity index (χ3n) is 3.03. The van der Waals surface area contributed by atoms with Gasteiger partial charge in [0.25, 0.3) is 5.69 Å². The van der Waals surface area contributed by atoms with E-state index < -0.39 is 0 Å². The fourth-order valence-electron chi connectivity index (χ4n) is 1.92. The largest absolute Gasteiger partial charge is 0.381 e. The highest BCUT2D eigenvalue weighted by Crippen LogP contribution is 2.22. The number of anilines is 2. The van der Waals surface area contributed by atoms with E-state index in [2.05, 4.69) is 21.2 Å². The fraction of sp³-hybridized carbons (Fsp3) is 0.200. The molecule has 0 aliphatic heterocycles. The molecule has 0 heterocycles. The highest BCUT2D eigenvalue weighted by Gasteiger charge is 2.08. The van der Waals surface area contributed by atoms with Crippen molar-refractivity contribution in [3.05, 3.63) is 62.6 Å². The van der Waals surface area contributed by atoms with Crippen LogP contribution in [0.15, 0.2) is 46.9 Å². The van der Waals surface area contributed by atoms with Crippen molar-refractivity contribution in [1.82, 2.24) is 0 Å². The number of hydrogen-bond donors (Lipinski definition) is 1. The van der Waals surface area contributed by atoms with Gasteiger partial charge in [-0.05, 0) is 35.9 Å². The molecule has 0 saturated heterocycles. The van der Waals surface area contributed by atoms with E-state index in [4.69, 9.17) is 0 Å². The van der Waals surface area contributed by atoms with Gasteiger partial charge >= 0.3 is 0 Å². The number of benzene rings is 2. The monoisotopic (exact) mass is 349 g/mol. The average Bonchev–Trinajstić information content (AvgIpc) is 2.45. The molecule has 2 aromatic rings.